The molecule has 0 aliphatic carbocycles. The summed E-state index contributed by atoms with van der Waals surface area (Å²) >= 11 is 0. The summed E-state index contributed by atoms with van der Waals surface area (Å²) in [5, 5.41) is 9.97. The summed E-state index contributed by atoms with van der Waals surface area (Å²) in [5.41, 5.74) is 2.01. The van der Waals surface area contributed by atoms with Crippen molar-refractivity contribution in [3.05, 3.63) is 65.9 Å². The van der Waals surface area contributed by atoms with E-state index in [-0.39, 0.29) is 11.4 Å². The molecule has 28 heavy (non-hydrogen) atoms. The predicted molar refractivity (Wildman–Crippen MR) is 103 cm³/mol. The summed E-state index contributed by atoms with van der Waals surface area (Å²) in [4.78, 5) is 18.9. The highest BCUT2D eigenvalue weighted by atomic mass is 19.1. The van der Waals surface area contributed by atoms with Crippen LogP contribution in [0.5, 0.6) is 0 Å². The van der Waals surface area contributed by atoms with E-state index in [2.05, 4.69) is 20.5 Å². The van der Waals surface area contributed by atoms with Crippen LogP contribution in [0.4, 0.5) is 10.1 Å². The van der Waals surface area contributed by atoms with Crippen LogP contribution in [-0.4, -0.2) is 40.1 Å². The predicted octanol–water partition coefficient (Wildman–Crippen LogP) is 3.67. The summed E-state index contributed by atoms with van der Waals surface area (Å²) in [5.74, 6) is -0.421. The minimum atomic E-state index is -0.554. The highest BCUT2D eigenvalue weighted by Gasteiger charge is 2.22. The molecular formula is C20H18FN5O2. The van der Waals surface area contributed by atoms with Crippen molar-refractivity contribution < 1.29 is 13.6 Å². The number of benzene rings is 2. The lowest BCUT2D eigenvalue weighted by Crippen LogP contribution is -2.17. The molecule has 8 heteroatoms. The van der Waals surface area contributed by atoms with Gasteiger partial charge >= 0.3 is 0 Å². The van der Waals surface area contributed by atoms with Crippen molar-refractivity contribution in [2.45, 2.75) is 6.54 Å². The van der Waals surface area contributed by atoms with Crippen LogP contribution in [0.1, 0.15) is 16.1 Å². The van der Waals surface area contributed by atoms with Crippen LogP contribution in [-0.2, 0) is 6.54 Å². The van der Waals surface area contributed by atoms with Gasteiger partial charge in [-0.1, -0.05) is 18.2 Å². The molecule has 0 aliphatic heterocycles. The van der Waals surface area contributed by atoms with Gasteiger partial charge in [-0.25, -0.2) is 9.37 Å². The lowest BCUT2D eigenvalue weighted by molar-refractivity contribution is 0.0996. The van der Waals surface area contributed by atoms with Gasteiger partial charge < -0.3 is 14.6 Å². The highest BCUT2D eigenvalue weighted by molar-refractivity contribution is 6.06. The van der Waals surface area contributed by atoms with Crippen LogP contribution in [0.2, 0.25) is 0 Å². The Hall–Kier alpha value is -3.52. The molecular weight excluding hydrogens is 361 g/mol. The standard InChI is InChI=1S/C20H18FN5O2/c1-26(2)10-14-13-5-3-4-6-17(13)28-18(14)20(27)24-16-9-12(7-8-15(16)21)19-22-11-23-25-19/h3-9,11H,10H2,1-2H3,(H,24,27)(H,22,23,25). The second-order valence-corrected chi connectivity index (χ2v) is 6.63. The number of hydrogen-bond acceptors (Lipinski definition) is 5. The normalized spacial score (nSPS) is 11.3. The number of anilines is 1. The van der Waals surface area contributed by atoms with Gasteiger partial charge in [0.1, 0.15) is 17.7 Å². The Morgan fingerprint density at radius 3 is 2.82 bits per heavy atom. The maximum Gasteiger partial charge on any atom is 0.291 e. The number of amides is 1. The van der Waals surface area contributed by atoms with E-state index in [9.17, 15) is 9.18 Å². The van der Waals surface area contributed by atoms with Crippen molar-refractivity contribution in [2.24, 2.45) is 0 Å². The Bertz CT molecular complexity index is 1130. The number of nitrogens with zero attached hydrogens (tertiary/aromatic N) is 3. The zero-order chi connectivity index (χ0) is 19.7. The van der Waals surface area contributed by atoms with Crippen molar-refractivity contribution in [2.75, 3.05) is 19.4 Å². The molecule has 2 heterocycles. The molecule has 0 atom stereocenters. The number of para-hydroxylation sites is 1. The number of hydrogen-bond donors (Lipinski definition) is 2. The van der Waals surface area contributed by atoms with Gasteiger partial charge in [0.05, 0.1) is 5.69 Å². The molecule has 0 saturated carbocycles. The van der Waals surface area contributed by atoms with Gasteiger partial charge in [-0.15, -0.1) is 0 Å². The van der Waals surface area contributed by atoms with Gasteiger partial charge in [0, 0.05) is 23.1 Å². The Labute approximate surface area is 160 Å². The number of carbonyl (C=O) groups is 1. The van der Waals surface area contributed by atoms with E-state index in [1.165, 1.54) is 18.5 Å². The minimum absolute atomic E-state index is 0.0372. The smallest absolute Gasteiger partial charge is 0.291 e. The van der Waals surface area contributed by atoms with Gasteiger partial charge in [-0.3, -0.25) is 9.89 Å². The lowest BCUT2D eigenvalue weighted by atomic mass is 10.1. The number of aromatic nitrogens is 3. The Morgan fingerprint density at radius 2 is 2.07 bits per heavy atom. The number of H-pyrrole nitrogens is 1. The van der Waals surface area contributed by atoms with Crippen LogP contribution in [0.25, 0.3) is 22.4 Å². The molecule has 0 bridgehead atoms. The second-order valence-electron chi connectivity index (χ2n) is 6.63. The Morgan fingerprint density at radius 1 is 1.25 bits per heavy atom. The molecule has 1 amide bonds. The number of furan rings is 1. The van der Waals surface area contributed by atoms with Crippen molar-refractivity contribution in [1.29, 1.82) is 0 Å². The fourth-order valence-corrected chi connectivity index (χ4v) is 3.05. The first kappa shape index (κ1) is 17.9. The molecule has 2 N–H and O–H groups in total. The van der Waals surface area contributed by atoms with Crippen LogP contribution < -0.4 is 5.32 Å². The maximum absolute atomic E-state index is 14.3. The number of aromatic amines is 1. The van der Waals surface area contributed by atoms with Crippen molar-refractivity contribution >= 4 is 22.6 Å². The first-order valence-corrected chi connectivity index (χ1v) is 8.64. The molecule has 142 valence electrons. The molecule has 4 aromatic rings. The summed E-state index contributed by atoms with van der Waals surface area (Å²) in [6, 6.07) is 11.8. The molecule has 0 aliphatic rings. The summed E-state index contributed by atoms with van der Waals surface area (Å²) in [6.45, 7) is 0.514. The number of rotatable bonds is 5. The number of nitrogens with one attached hydrogen (secondary N) is 2. The monoisotopic (exact) mass is 379 g/mol. The van der Waals surface area contributed by atoms with Crippen LogP contribution in [0.3, 0.4) is 0 Å². The largest absolute Gasteiger partial charge is 0.451 e. The van der Waals surface area contributed by atoms with Gasteiger partial charge in [0.15, 0.2) is 11.6 Å². The number of fused-ring (bicyclic) bond motifs is 1. The quantitative estimate of drug-likeness (QED) is 0.552. The molecule has 2 aromatic heterocycles. The number of carbonyl (C=O) groups excluding carboxylic acids is 1. The zero-order valence-corrected chi connectivity index (χ0v) is 15.4. The van der Waals surface area contributed by atoms with E-state index in [1.807, 2.05) is 37.2 Å². The SMILES string of the molecule is CN(C)Cc1c(C(=O)Nc2cc(-c3ncn[nH]3)ccc2F)oc2ccccc12. The molecule has 0 spiro atoms. The second kappa shape index (κ2) is 7.24. The molecule has 0 saturated heterocycles. The molecule has 4 rings (SSSR count). The van der Waals surface area contributed by atoms with E-state index in [1.54, 1.807) is 12.1 Å². The van der Waals surface area contributed by atoms with Crippen molar-refractivity contribution in [3.8, 4) is 11.4 Å². The van der Waals surface area contributed by atoms with E-state index in [4.69, 9.17) is 4.42 Å². The number of halogens is 1. The average Bonchev–Trinajstić information content (AvgIpc) is 3.32. The first-order chi connectivity index (χ1) is 13.5. The van der Waals surface area contributed by atoms with Crippen molar-refractivity contribution in [3.63, 3.8) is 0 Å². The molecule has 2 aromatic carbocycles. The van der Waals surface area contributed by atoms with Gasteiger partial charge in [-0.2, -0.15) is 5.10 Å². The van der Waals surface area contributed by atoms with Gasteiger partial charge in [-0.05, 0) is 38.4 Å². The Balaban J connectivity index is 1.70. The minimum Gasteiger partial charge on any atom is -0.451 e. The van der Waals surface area contributed by atoms with Gasteiger partial charge in [0.25, 0.3) is 5.91 Å². The summed E-state index contributed by atoms with van der Waals surface area (Å²) in [7, 11) is 3.81. The summed E-state index contributed by atoms with van der Waals surface area (Å²) in [6.07, 6.45) is 1.36. The first-order valence-electron chi connectivity index (χ1n) is 8.64. The average molecular weight is 379 g/mol. The maximum atomic E-state index is 14.3. The Kier molecular flexibility index (Phi) is 4.62. The third kappa shape index (κ3) is 3.37. The van der Waals surface area contributed by atoms with E-state index < -0.39 is 11.7 Å². The molecule has 0 fully saturated rings. The highest BCUT2D eigenvalue weighted by Crippen LogP contribution is 2.28. The third-order valence-corrected chi connectivity index (χ3v) is 4.28. The fourth-order valence-electron chi connectivity index (χ4n) is 3.05. The van der Waals surface area contributed by atoms with Crippen molar-refractivity contribution in [1.82, 2.24) is 20.1 Å². The van der Waals surface area contributed by atoms with Gasteiger partial charge in [0.2, 0.25) is 0 Å². The van der Waals surface area contributed by atoms with Crippen LogP contribution >= 0.6 is 0 Å². The molecule has 7 nitrogen and oxygen atoms in total. The zero-order valence-electron chi connectivity index (χ0n) is 15.4. The van der Waals surface area contributed by atoms with E-state index in [0.717, 1.165) is 10.9 Å². The van der Waals surface area contributed by atoms with E-state index in [0.29, 0.717) is 23.5 Å². The molecule has 0 unspecified atom stereocenters. The topological polar surface area (TPSA) is 87.0 Å². The molecule has 0 radical (unpaired) electrons. The van der Waals surface area contributed by atoms with Crippen LogP contribution in [0.15, 0.2) is 53.2 Å². The summed E-state index contributed by atoms with van der Waals surface area (Å²) < 4.78 is 20.1. The lowest BCUT2D eigenvalue weighted by Gasteiger charge is -2.11. The fraction of sp³-hybridized carbons (Fsp3) is 0.150. The van der Waals surface area contributed by atoms with Crippen LogP contribution in [0, 0.1) is 5.82 Å². The third-order valence-electron chi connectivity index (χ3n) is 4.28. The van der Waals surface area contributed by atoms with E-state index >= 15 is 0 Å².